The van der Waals surface area contributed by atoms with Crippen LogP contribution in [0.5, 0.6) is 5.88 Å². The average molecular weight is 332 g/mol. The summed E-state index contributed by atoms with van der Waals surface area (Å²) in [6.45, 7) is 4.95. The van der Waals surface area contributed by atoms with Gasteiger partial charge in [-0.3, -0.25) is 4.98 Å². The molecule has 126 valence electrons. The number of hydrogen-bond donors (Lipinski definition) is 0. The van der Waals surface area contributed by atoms with E-state index in [1.807, 2.05) is 36.7 Å². The molecule has 0 atom stereocenters. The molecule has 0 unspecified atom stereocenters. The summed E-state index contributed by atoms with van der Waals surface area (Å²) in [5, 5.41) is 0. The molecule has 25 heavy (non-hydrogen) atoms. The van der Waals surface area contributed by atoms with Gasteiger partial charge in [0, 0.05) is 35.9 Å². The maximum atomic E-state index is 5.93. The lowest BCUT2D eigenvalue weighted by molar-refractivity contribution is 0.288. The van der Waals surface area contributed by atoms with Gasteiger partial charge in [0.25, 0.3) is 0 Å². The topological polar surface area (TPSA) is 60.8 Å². The lowest BCUT2D eigenvalue weighted by Crippen LogP contribution is -2.10. The van der Waals surface area contributed by atoms with Gasteiger partial charge in [0.2, 0.25) is 5.88 Å². The van der Waals surface area contributed by atoms with Crippen molar-refractivity contribution in [3.63, 3.8) is 0 Å². The van der Waals surface area contributed by atoms with E-state index in [1.165, 1.54) is 5.56 Å². The van der Waals surface area contributed by atoms with E-state index in [9.17, 15) is 0 Å². The Morgan fingerprint density at radius 3 is 2.72 bits per heavy atom. The Morgan fingerprint density at radius 2 is 1.96 bits per heavy atom. The van der Waals surface area contributed by atoms with Crippen LogP contribution in [0.3, 0.4) is 0 Å². The molecule has 0 radical (unpaired) electrons. The van der Waals surface area contributed by atoms with Crippen LogP contribution in [-0.4, -0.2) is 19.9 Å². The molecule has 3 aromatic rings. The summed E-state index contributed by atoms with van der Waals surface area (Å²) < 4.78 is 5.93. The zero-order valence-electron chi connectivity index (χ0n) is 14.4. The Balaban J connectivity index is 1.70. The summed E-state index contributed by atoms with van der Waals surface area (Å²) in [5.41, 5.74) is 5.61. The smallest absolute Gasteiger partial charge is 0.214 e. The number of ether oxygens (including phenoxy) is 1. The van der Waals surface area contributed by atoms with E-state index < -0.39 is 0 Å². The number of hydrogen-bond acceptors (Lipinski definition) is 5. The van der Waals surface area contributed by atoms with Crippen molar-refractivity contribution >= 4 is 0 Å². The quantitative estimate of drug-likeness (QED) is 0.730. The van der Waals surface area contributed by atoms with Crippen molar-refractivity contribution in [2.45, 2.75) is 33.3 Å². The van der Waals surface area contributed by atoms with Crippen LogP contribution in [0, 0.1) is 5.41 Å². The van der Waals surface area contributed by atoms with Crippen molar-refractivity contribution in [2.75, 3.05) is 0 Å². The Labute approximate surface area is 147 Å². The molecular formula is C20H20N4O. The van der Waals surface area contributed by atoms with Gasteiger partial charge in [0.1, 0.15) is 12.9 Å². The first kappa shape index (κ1) is 15.7. The van der Waals surface area contributed by atoms with Gasteiger partial charge < -0.3 is 4.74 Å². The molecule has 0 spiro atoms. The third kappa shape index (κ3) is 3.36. The molecule has 0 aromatic carbocycles. The molecular weight excluding hydrogens is 312 g/mol. The van der Waals surface area contributed by atoms with Gasteiger partial charge >= 0.3 is 0 Å². The molecule has 3 heterocycles. The van der Waals surface area contributed by atoms with E-state index in [1.54, 1.807) is 12.5 Å². The summed E-state index contributed by atoms with van der Waals surface area (Å²) in [6.07, 6.45) is 8.95. The van der Waals surface area contributed by atoms with Crippen LogP contribution in [-0.2, 0) is 19.4 Å². The Morgan fingerprint density at radius 1 is 1.12 bits per heavy atom. The monoisotopic (exact) mass is 332 g/mol. The maximum absolute atomic E-state index is 5.93. The molecule has 4 rings (SSSR count). The number of aromatic nitrogens is 4. The first-order chi connectivity index (χ1) is 12.1. The number of pyridine rings is 2. The van der Waals surface area contributed by atoms with Crippen LogP contribution in [0.1, 0.15) is 30.8 Å². The lowest BCUT2D eigenvalue weighted by Gasteiger charge is -2.15. The van der Waals surface area contributed by atoms with Gasteiger partial charge in [-0.25, -0.2) is 15.0 Å². The van der Waals surface area contributed by atoms with Crippen molar-refractivity contribution < 1.29 is 4.74 Å². The molecule has 0 saturated heterocycles. The predicted molar refractivity (Wildman–Crippen MR) is 95.0 cm³/mol. The molecule has 1 aliphatic carbocycles. The Kier molecular flexibility index (Phi) is 3.92. The first-order valence-electron chi connectivity index (χ1n) is 8.42. The fraction of sp³-hybridized carbons (Fsp3) is 0.300. The summed E-state index contributed by atoms with van der Waals surface area (Å²) in [4.78, 5) is 17.4. The molecule has 0 amide bonds. The molecule has 1 aliphatic rings. The zero-order chi connectivity index (χ0) is 17.3. The minimum absolute atomic E-state index is 0.208. The van der Waals surface area contributed by atoms with E-state index in [0.29, 0.717) is 12.5 Å². The minimum Gasteiger partial charge on any atom is -0.471 e. The molecule has 0 aliphatic heterocycles. The minimum atomic E-state index is 0.208. The summed E-state index contributed by atoms with van der Waals surface area (Å²) in [5.74, 6) is 0.626. The second-order valence-corrected chi connectivity index (χ2v) is 7.19. The summed E-state index contributed by atoms with van der Waals surface area (Å²) in [6, 6.07) is 7.80. The van der Waals surface area contributed by atoms with Gasteiger partial charge in [0.05, 0.1) is 5.69 Å². The normalized spacial score (nSPS) is 15.0. The van der Waals surface area contributed by atoms with E-state index in [4.69, 9.17) is 9.72 Å². The molecule has 0 N–H and O–H groups in total. The van der Waals surface area contributed by atoms with Crippen LogP contribution in [0.25, 0.3) is 11.1 Å². The molecule has 3 aromatic heterocycles. The van der Waals surface area contributed by atoms with Gasteiger partial charge in [-0.15, -0.1) is 0 Å². The van der Waals surface area contributed by atoms with Crippen LogP contribution in [0.15, 0.2) is 49.2 Å². The molecule has 0 saturated carbocycles. The predicted octanol–water partition coefficient (Wildman–Crippen LogP) is 3.64. The van der Waals surface area contributed by atoms with Gasteiger partial charge in [0.15, 0.2) is 0 Å². The summed E-state index contributed by atoms with van der Waals surface area (Å²) in [7, 11) is 0. The second-order valence-electron chi connectivity index (χ2n) is 7.19. The average Bonchev–Trinajstić information content (AvgIpc) is 2.94. The van der Waals surface area contributed by atoms with E-state index in [2.05, 4.69) is 28.8 Å². The van der Waals surface area contributed by atoms with Crippen LogP contribution >= 0.6 is 0 Å². The third-order valence-corrected chi connectivity index (χ3v) is 4.45. The van der Waals surface area contributed by atoms with Crippen LogP contribution in [0.4, 0.5) is 0 Å². The SMILES string of the molecule is CC1(C)Cc2nc(OCc3ccccn3)cc(-c3cncnc3)c2C1. The number of nitrogens with zero attached hydrogens (tertiary/aromatic N) is 4. The lowest BCUT2D eigenvalue weighted by atomic mass is 9.89. The van der Waals surface area contributed by atoms with E-state index >= 15 is 0 Å². The molecule has 5 nitrogen and oxygen atoms in total. The van der Waals surface area contributed by atoms with Crippen LogP contribution < -0.4 is 4.74 Å². The van der Waals surface area contributed by atoms with Crippen molar-refractivity contribution in [1.29, 1.82) is 0 Å². The highest BCUT2D eigenvalue weighted by Crippen LogP contribution is 2.41. The van der Waals surface area contributed by atoms with Gasteiger partial charge in [-0.05, 0) is 41.5 Å². The number of rotatable bonds is 4. The summed E-state index contributed by atoms with van der Waals surface area (Å²) >= 11 is 0. The largest absolute Gasteiger partial charge is 0.471 e. The highest BCUT2D eigenvalue weighted by atomic mass is 16.5. The standard InChI is InChI=1S/C20H20N4O/c1-20(2)8-17-16(14-10-21-13-22-11-14)7-19(24-18(17)9-20)25-12-15-5-3-4-6-23-15/h3-7,10-11,13H,8-9,12H2,1-2H3. The first-order valence-corrected chi connectivity index (χ1v) is 8.42. The van der Waals surface area contributed by atoms with Gasteiger partial charge in [-0.2, -0.15) is 0 Å². The Hall–Kier alpha value is -2.82. The van der Waals surface area contributed by atoms with Crippen LogP contribution in [0.2, 0.25) is 0 Å². The Bertz CT molecular complexity index is 879. The highest BCUT2D eigenvalue weighted by molar-refractivity contribution is 5.69. The second kappa shape index (κ2) is 6.24. The molecule has 0 bridgehead atoms. The molecule has 5 heteroatoms. The third-order valence-electron chi connectivity index (χ3n) is 4.45. The van der Waals surface area contributed by atoms with Crippen molar-refractivity contribution in [1.82, 2.24) is 19.9 Å². The van der Waals surface area contributed by atoms with Gasteiger partial charge in [-0.1, -0.05) is 19.9 Å². The van der Waals surface area contributed by atoms with Crippen molar-refractivity contribution in [3.8, 4) is 17.0 Å². The van der Waals surface area contributed by atoms with Crippen molar-refractivity contribution in [2.24, 2.45) is 5.41 Å². The maximum Gasteiger partial charge on any atom is 0.214 e. The zero-order valence-corrected chi connectivity index (χ0v) is 14.4. The fourth-order valence-corrected chi connectivity index (χ4v) is 3.34. The number of fused-ring (bicyclic) bond motifs is 1. The fourth-order valence-electron chi connectivity index (χ4n) is 3.34. The highest BCUT2D eigenvalue weighted by Gasteiger charge is 2.32. The van der Waals surface area contributed by atoms with Crippen molar-refractivity contribution in [3.05, 3.63) is 66.1 Å². The van der Waals surface area contributed by atoms with E-state index in [-0.39, 0.29) is 5.41 Å². The van der Waals surface area contributed by atoms with E-state index in [0.717, 1.165) is 35.4 Å². The molecule has 0 fully saturated rings.